The predicted octanol–water partition coefficient (Wildman–Crippen LogP) is 4.80. The second kappa shape index (κ2) is 7.97. The summed E-state index contributed by atoms with van der Waals surface area (Å²) in [5.74, 6) is 2.26. The molecule has 0 radical (unpaired) electrons. The molecule has 0 saturated carbocycles. The Kier molecular flexibility index (Phi) is 5.07. The summed E-state index contributed by atoms with van der Waals surface area (Å²) < 4.78 is 16.5. The fourth-order valence-corrected chi connectivity index (χ4v) is 2.88. The zero-order valence-corrected chi connectivity index (χ0v) is 15.3. The standard InChI is InChI=1S/C21H18N2O3S/c27-21(23-17-8-11-19-20(12-17)26-14-25-19)22-16-6-9-18(10-7-16)24-13-15-4-2-1-3-5-15/h1-12H,13-14H2,(H2,22,23,27). The molecule has 1 aliphatic heterocycles. The van der Waals surface area contributed by atoms with E-state index in [4.69, 9.17) is 26.4 Å². The first-order valence-electron chi connectivity index (χ1n) is 8.51. The fraction of sp³-hybridized carbons (Fsp3) is 0.0952. The molecular formula is C21H18N2O3S. The summed E-state index contributed by atoms with van der Waals surface area (Å²) in [6, 6.07) is 23.3. The number of benzene rings is 3. The lowest BCUT2D eigenvalue weighted by Gasteiger charge is -2.12. The third kappa shape index (κ3) is 4.48. The van der Waals surface area contributed by atoms with Gasteiger partial charge in [0.05, 0.1) is 0 Å². The molecule has 0 aliphatic carbocycles. The van der Waals surface area contributed by atoms with Crippen molar-refractivity contribution in [3.63, 3.8) is 0 Å². The van der Waals surface area contributed by atoms with Gasteiger partial charge in [-0.15, -0.1) is 0 Å². The Bertz CT molecular complexity index is 930. The molecule has 0 fully saturated rings. The molecule has 3 aromatic rings. The van der Waals surface area contributed by atoms with Crippen LogP contribution in [-0.2, 0) is 6.61 Å². The van der Waals surface area contributed by atoms with Crippen LogP contribution < -0.4 is 24.8 Å². The molecule has 0 amide bonds. The molecule has 1 heterocycles. The van der Waals surface area contributed by atoms with Crippen molar-refractivity contribution in [2.45, 2.75) is 6.61 Å². The van der Waals surface area contributed by atoms with Crippen LogP contribution in [0.5, 0.6) is 17.2 Å². The van der Waals surface area contributed by atoms with Crippen molar-refractivity contribution < 1.29 is 14.2 Å². The minimum atomic E-state index is 0.250. The number of hydrogen-bond acceptors (Lipinski definition) is 4. The molecule has 6 heteroatoms. The molecule has 27 heavy (non-hydrogen) atoms. The maximum absolute atomic E-state index is 5.79. The highest BCUT2D eigenvalue weighted by Gasteiger charge is 2.13. The minimum absolute atomic E-state index is 0.250. The second-order valence-corrected chi connectivity index (χ2v) is 6.35. The van der Waals surface area contributed by atoms with Crippen LogP contribution in [0, 0.1) is 0 Å². The van der Waals surface area contributed by atoms with Crippen LogP contribution in [0.4, 0.5) is 11.4 Å². The van der Waals surface area contributed by atoms with Gasteiger partial charge in [0.1, 0.15) is 12.4 Å². The van der Waals surface area contributed by atoms with Crippen molar-refractivity contribution in [2.24, 2.45) is 0 Å². The van der Waals surface area contributed by atoms with Gasteiger partial charge in [-0.3, -0.25) is 0 Å². The van der Waals surface area contributed by atoms with E-state index >= 15 is 0 Å². The van der Waals surface area contributed by atoms with Gasteiger partial charge < -0.3 is 24.8 Å². The number of ether oxygens (including phenoxy) is 3. The Balaban J connectivity index is 1.30. The summed E-state index contributed by atoms with van der Waals surface area (Å²) in [4.78, 5) is 0. The number of nitrogens with one attached hydrogen (secondary N) is 2. The number of rotatable bonds is 5. The van der Waals surface area contributed by atoms with E-state index in [0.717, 1.165) is 28.4 Å². The lowest BCUT2D eigenvalue weighted by Crippen LogP contribution is -2.18. The summed E-state index contributed by atoms with van der Waals surface area (Å²) >= 11 is 5.37. The van der Waals surface area contributed by atoms with E-state index in [1.54, 1.807) is 0 Å². The predicted molar refractivity (Wildman–Crippen MR) is 110 cm³/mol. The first-order valence-corrected chi connectivity index (χ1v) is 8.91. The number of fused-ring (bicyclic) bond motifs is 1. The van der Waals surface area contributed by atoms with E-state index < -0.39 is 0 Å². The Morgan fingerprint density at radius 2 is 1.56 bits per heavy atom. The molecule has 0 unspecified atom stereocenters. The van der Waals surface area contributed by atoms with Gasteiger partial charge in [-0.25, -0.2) is 0 Å². The maximum atomic E-state index is 5.79. The summed E-state index contributed by atoms with van der Waals surface area (Å²) in [5, 5.41) is 6.78. The summed E-state index contributed by atoms with van der Waals surface area (Å²) in [6.07, 6.45) is 0. The molecule has 136 valence electrons. The van der Waals surface area contributed by atoms with Gasteiger partial charge in [0.15, 0.2) is 16.6 Å². The zero-order chi connectivity index (χ0) is 18.5. The smallest absolute Gasteiger partial charge is 0.231 e. The van der Waals surface area contributed by atoms with E-state index in [2.05, 4.69) is 10.6 Å². The van der Waals surface area contributed by atoms with Crippen LogP contribution in [0.2, 0.25) is 0 Å². The van der Waals surface area contributed by atoms with E-state index in [9.17, 15) is 0 Å². The molecule has 0 bridgehead atoms. The minimum Gasteiger partial charge on any atom is -0.489 e. The van der Waals surface area contributed by atoms with Crippen molar-refractivity contribution in [2.75, 3.05) is 17.4 Å². The van der Waals surface area contributed by atoms with Crippen LogP contribution in [0.25, 0.3) is 0 Å². The van der Waals surface area contributed by atoms with Gasteiger partial charge in [0, 0.05) is 17.4 Å². The highest BCUT2D eigenvalue weighted by molar-refractivity contribution is 7.80. The van der Waals surface area contributed by atoms with Gasteiger partial charge in [-0.2, -0.15) is 0 Å². The van der Waals surface area contributed by atoms with E-state index in [-0.39, 0.29) is 6.79 Å². The van der Waals surface area contributed by atoms with Gasteiger partial charge >= 0.3 is 0 Å². The van der Waals surface area contributed by atoms with Gasteiger partial charge in [0.25, 0.3) is 0 Å². The SMILES string of the molecule is S=C(Nc1ccc(OCc2ccccc2)cc1)Nc1ccc2c(c1)OCO2. The van der Waals surface area contributed by atoms with Crippen molar-refractivity contribution in [3.8, 4) is 17.2 Å². The van der Waals surface area contributed by atoms with Crippen LogP contribution in [0.1, 0.15) is 5.56 Å². The van der Waals surface area contributed by atoms with Crippen LogP contribution in [0.15, 0.2) is 72.8 Å². The van der Waals surface area contributed by atoms with Gasteiger partial charge in [-0.1, -0.05) is 30.3 Å². The van der Waals surface area contributed by atoms with Crippen LogP contribution in [-0.4, -0.2) is 11.9 Å². The van der Waals surface area contributed by atoms with Crippen molar-refractivity contribution in [3.05, 3.63) is 78.4 Å². The topological polar surface area (TPSA) is 51.8 Å². The monoisotopic (exact) mass is 378 g/mol. The van der Waals surface area contributed by atoms with E-state index in [1.807, 2.05) is 72.8 Å². The summed E-state index contributed by atoms with van der Waals surface area (Å²) in [7, 11) is 0. The summed E-state index contributed by atoms with van der Waals surface area (Å²) in [6.45, 7) is 0.790. The lowest BCUT2D eigenvalue weighted by molar-refractivity contribution is 0.174. The van der Waals surface area contributed by atoms with Crippen molar-refractivity contribution in [1.29, 1.82) is 0 Å². The Morgan fingerprint density at radius 3 is 2.37 bits per heavy atom. The van der Waals surface area contributed by atoms with Gasteiger partial charge in [0.2, 0.25) is 6.79 Å². The van der Waals surface area contributed by atoms with Crippen LogP contribution >= 0.6 is 12.2 Å². The second-order valence-electron chi connectivity index (χ2n) is 5.95. The normalized spacial score (nSPS) is 11.7. The van der Waals surface area contributed by atoms with Crippen molar-refractivity contribution >= 4 is 28.7 Å². The van der Waals surface area contributed by atoms with E-state index in [0.29, 0.717) is 17.5 Å². The third-order valence-corrected chi connectivity index (χ3v) is 4.20. The Labute approximate surface area is 162 Å². The highest BCUT2D eigenvalue weighted by Crippen LogP contribution is 2.34. The lowest BCUT2D eigenvalue weighted by atomic mass is 10.2. The van der Waals surface area contributed by atoms with Crippen molar-refractivity contribution in [1.82, 2.24) is 0 Å². The fourth-order valence-electron chi connectivity index (χ4n) is 2.64. The zero-order valence-electron chi connectivity index (χ0n) is 14.5. The molecule has 3 aromatic carbocycles. The molecule has 0 saturated heterocycles. The number of anilines is 2. The van der Waals surface area contributed by atoms with E-state index in [1.165, 1.54) is 0 Å². The maximum Gasteiger partial charge on any atom is 0.231 e. The molecular weight excluding hydrogens is 360 g/mol. The molecule has 0 aromatic heterocycles. The average Bonchev–Trinajstić information content (AvgIpc) is 3.16. The molecule has 0 spiro atoms. The first kappa shape index (κ1) is 17.2. The number of thiocarbonyl (C=S) groups is 1. The average molecular weight is 378 g/mol. The van der Waals surface area contributed by atoms with Gasteiger partial charge in [-0.05, 0) is 54.2 Å². The Morgan fingerprint density at radius 1 is 0.852 bits per heavy atom. The molecule has 1 aliphatic rings. The molecule has 4 rings (SSSR count). The first-order chi connectivity index (χ1) is 13.3. The Hall–Kier alpha value is -3.25. The molecule has 5 nitrogen and oxygen atoms in total. The highest BCUT2D eigenvalue weighted by atomic mass is 32.1. The summed E-state index contributed by atoms with van der Waals surface area (Å²) in [5.41, 5.74) is 2.84. The molecule has 0 atom stereocenters. The third-order valence-electron chi connectivity index (χ3n) is 3.99. The number of hydrogen-bond donors (Lipinski definition) is 2. The molecule has 2 N–H and O–H groups in total. The van der Waals surface area contributed by atoms with Crippen LogP contribution in [0.3, 0.4) is 0 Å². The largest absolute Gasteiger partial charge is 0.489 e. The quantitative estimate of drug-likeness (QED) is 0.622.